The molecule has 1 saturated heterocycles. The van der Waals surface area contributed by atoms with Gasteiger partial charge in [0.15, 0.2) is 0 Å². The molecule has 0 bridgehead atoms. The van der Waals surface area contributed by atoms with E-state index in [0.29, 0.717) is 18.7 Å². The van der Waals surface area contributed by atoms with Crippen LogP contribution in [0.15, 0.2) is 36.8 Å². The van der Waals surface area contributed by atoms with Crippen molar-refractivity contribution in [3.8, 4) is 5.75 Å². The molecule has 0 N–H and O–H groups in total. The molecule has 1 aliphatic heterocycles. The maximum atomic E-state index is 12.8. The Kier molecular flexibility index (Phi) is 4.76. The summed E-state index contributed by atoms with van der Waals surface area (Å²) in [6.07, 6.45) is 3.07. The molecule has 1 fully saturated rings. The van der Waals surface area contributed by atoms with Crippen LogP contribution in [0.25, 0.3) is 0 Å². The van der Waals surface area contributed by atoms with Crippen LogP contribution in [0.4, 0.5) is 0 Å². The van der Waals surface area contributed by atoms with Crippen LogP contribution < -0.4 is 4.74 Å². The second kappa shape index (κ2) is 6.97. The minimum atomic E-state index is -0.000267. The third-order valence-corrected chi connectivity index (χ3v) is 4.58. The van der Waals surface area contributed by atoms with Crippen molar-refractivity contribution in [3.05, 3.63) is 53.6 Å². The standard InChI is InChI=1S/C18H22N4O2/c1-13-16(10-19-12-20-13)18(23)22-9-8-21(2)17(11-22)14-4-6-15(24-3)7-5-14/h4-7,10,12,17H,8-9,11H2,1-3H3/t17-/m1/s1. The molecule has 0 radical (unpaired) electrons. The summed E-state index contributed by atoms with van der Waals surface area (Å²) in [5, 5.41) is 0. The predicted molar refractivity (Wildman–Crippen MR) is 91.0 cm³/mol. The fourth-order valence-corrected chi connectivity index (χ4v) is 3.02. The van der Waals surface area contributed by atoms with Gasteiger partial charge in [0, 0.05) is 25.8 Å². The van der Waals surface area contributed by atoms with Crippen molar-refractivity contribution in [2.75, 3.05) is 33.8 Å². The molecule has 6 nitrogen and oxygen atoms in total. The predicted octanol–water partition coefficient (Wildman–Crippen LogP) is 1.92. The number of ether oxygens (including phenoxy) is 1. The van der Waals surface area contributed by atoms with Gasteiger partial charge in [0.25, 0.3) is 5.91 Å². The largest absolute Gasteiger partial charge is 0.497 e. The fourth-order valence-electron chi connectivity index (χ4n) is 3.02. The summed E-state index contributed by atoms with van der Waals surface area (Å²) < 4.78 is 5.22. The number of benzene rings is 1. The van der Waals surface area contributed by atoms with Crippen molar-refractivity contribution in [1.82, 2.24) is 19.8 Å². The lowest BCUT2D eigenvalue weighted by Crippen LogP contribution is -2.49. The van der Waals surface area contributed by atoms with E-state index in [-0.39, 0.29) is 11.9 Å². The summed E-state index contributed by atoms with van der Waals surface area (Å²) in [4.78, 5) is 25.1. The number of methoxy groups -OCH3 is 1. The highest BCUT2D eigenvalue weighted by molar-refractivity contribution is 5.95. The molecule has 0 unspecified atom stereocenters. The topological polar surface area (TPSA) is 58.6 Å². The van der Waals surface area contributed by atoms with E-state index >= 15 is 0 Å². The first-order chi connectivity index (χ1) is 11.6. The number of likely N-dealkylation sites (N-methyl/N-ethyl adjacent to an activating group) is 1. The smallest absolute Gasteiger partial charge is 0.257 e. The molecule has 24 heavy (non-hydrogen) atoms. The molecule has 1 amide bonds. The van der Waals surface area contributed by atoms with Crippen LogP contribution in [-0.2, 0) is 0 Å². The van der Waals surface area contributed by atoms with Gasteiger partial charge in [-0.25, -0.2) is 9.97 Å². The minimum absolute atomic E-state index is 0.000267. The number of hydrogen-bond donors (Lipinski definition) is 0. The van der Waals surface area contributed by atoms with Crippen molar-refractivity contribution in [1.29, 1.82) is 0 Å². The van der Waals surface area contributed by atoms with Gasteiger partial charge in [0.05, 0.1) is 24.4 Å². The maximum Gasteiger partial charge on any atom is 0.257 e. The average molecular weight is 326 g/mol. The van der Waals surface area contributed by atoms with Crippen LogP contribution in [0.1, 0.15) is 27.7 Å². The Morgan fingerprint density at radius 1 is 1.25 bits per heavy atom. The first-order valence-corrected chi connectivity index (χ1v) is 8.00. The monoisotopic (exact) mass is 326 g/mol. The highest BCUT2D eigenvalue weighted by Gasteiger charge is 2.29. The van der Waals surface area contributed by atoms with Gasteiger partial charge in [-0.05, 0) is 31.7 Å². The molecule has 1 aromatic carbocycles. The lowest BCUT2D eigenvalue weighted by atomic mass is 10.0. The Bertz CT molecular complexity index is 717. The number of carbonyl (C=O) groups is 1. The fraction of sp³-hybridized carbons (Fsp3) is 0.389. The van der Waals surface area contributed by atoms with Gasteiger partial charge >= 0.3 is 0 Å². The Hall–Kier alpha value is -2.47. The molecule has 0 saturated carbocycles. The second-order valence-electron chi connectivity index (χ2n) is 6.04. The SMILES string of the molecule is COc1ccc([C@H]2CN(C(=O)c3cncnc3C)CCN2C)cc1. The number of aryl methyl sites for hydroxylation is 1. The summed E-state index contributed by atoms with van der Waals surface area (Å²) in [7, 11) is 3.75. The van der Waals surface area contributed by atoms with E-state index in [1.54, 1.807) is 13.3 Å². The van der Waals surface area contributed by atoms with Crippen molar-refractivity contribution >= 4 is 5.91 Å². The first kappa shape index (κ1) is 16.4. The number of rotatable bonds is 3. The highest BCUT2D eigenvalue weighted by Crippen LogP contribution is 2.26. The number of aromatic nitrogens is 2. The van der Waals surface area contributed by atoms with Crippen LogP contribution in [0.5, 0.6) is 5.75 Å². The molecule has 2 aromatic rings. The van der Waals surface area contributed by atoms with E-state index in [1.165, 1.54) is 11.9 Å². The normalized spacial score (nSPS) is 18.5. The van der Waals surface area contributed by atoms with Gasteiger partial charge in [0.1, 0.15) is 12.1 Å². The van der Waals surface area contributed by atoms with Gasteiger partial charge in [-0.2, -0.15) is 0 Å². The molecule has 0 spiro atoms. The molecule has 3 rings (SSSR count). The molecule has 6 heteroatoms. The summed E-state index contributed by atoms with van der Waals surface area (Å²) in [5.74, 6) is 0.835. The third kappa shape index (κ3) is 3.23. The van der Waals surface area contributed by atoms with E-state index in [1.807, 2.05) is 24.0 Å². The van der Waals surface area contributed by atoms with Gasteiger partial charge in [-0.15, -0.1) is 0 Å². The van der Waals surface area contributed by atoms with E-state index in [9.17, 15) is 4.79 Å². The zero-order valence-corrected chi connectivity index (χ0v) is 14.3. The maximum absolute atomic E-state index is 12.8. The zero-order valence-electron chi connectivity index (χ0n) is 14.3. The molecule has 0 aliphatic carbocycles. The number of hydrogen-bond acceptors (Lipinski definition) is 5. The average Bonchev–Trinajstić information content (AvgIpc) is 2.62. The Morgan fingerprint density at radius 3 is 2.67 bits per heavy atom. The Labute approximate surface area is 142 Å². The molecule has 2 heterocycles. The van der Waals surface area contributed by atoms with Crippen molar-refractivity contribution in [3.63, 3.8) is 0 Å². The number of nitrogens with zero attached hydrogens (tertiary/aromatic N) is 4. The lowest BCUT2D eigenvalue weighted by molar-refractivity contribution is 0.0544. The zero-order chi connectivity index (χ0) is 17.1. The van der Waals surface area contributed by atoms with Crippen LogP contribution in [0, 0.1) is 6.92 Å². The van der Waals surface area contributed by atoms with E-state index < -0.39 is 0 Å². The summed E-state index contributed by atoms with van der Waals surface area (Å²) >= 11 is 0. The molecule has 126 valence electrons. The van der Waals surface area contributed by atoms with Crippen molar-refractivity contribution < 1.29 is 9.53 Å². The van der Waals surface area contributed by atoms with Gasteiger partial charge in [-0.1, -0.05) is 12.1 Å². The van der Waals surface area contributed by atoms with E-state index in [0.717, 1.165) is 18.0 Å². The second-order valence-corrected chi connectivity index (χ2v) is 6.04. The number of piperazine rings is 1. The van der Waals surface area contributed by atoms with Crippen LogP contribution in [0.3, 0.4) is 0 Å². The molecule has 1 aromatic heterocycles. The van der Waals surface area contributed by atoms with Crippen LogP contribution >= 0.6 is 0 Å². The quantitative estimate of drug-likeness (QED) is 0.862. The number of carbonyl (C=O) groups excluding carboxylic acids is 1. The van der Waals surface area contributed by atoms with Crippen molar-refractivity contribution in [2.45, 2.75) is 13.0 Å². The van der Waals surface area contributed by atoms with Gasteiger partial charge < -0.3 is 9.64 Å². The summed E-state index contributed by atoms with van der Waals surface area (Å²) in [6, 6.07) is 8.20. The minimum Gasteiger partial charge on any atom is -0.497 e. The third-order valence-electron chi connectivity index (χ3n) is 4.58. The molecular formula is C18H22N4O2. The highest BCUT2D eigenvalue weighted by atomic mass is 16.5. The van der Waals surface area contributed by atoms with Crippen LogP contribution in [-0.4, -0.2) is 59.5 Å². The van der Waals surface area contributed by atoms with Crippen molar-refractivity contribution in [2.24, 2.45) is 0 Å². The molecule has 1 atom stereocenters. The lowest BCUT2D eigenvalue weighted by Gasteiger charge is -2.39. The summed E-state index contributed by atoms with van der Waals surface area (Å²) in [6.45, 7) is 4.02. The summed E-state index contributed by atoms with van der Waals surface area (Å²) in [5.41, 5.74) is 2.47. The molecular weight excluding hydrogens is 304 g/mol. The Balaban J connectivity index is 1.80. The first-order valence-electron chi connectivity index (χ1n) is 8.00. The van der Waals surface area contributed by atoms with Crippen LogP contribution in [0.2, 0.25) is 0 Å². The van der Waals surface area contributed by atoms with E-state index in [4.69, 9.17) is 4.74 Å². The van der Waals surface area contributed by atoms with E-state index in [2.05, 4.69) is 34.0 Å². The van der Waals surface area contributed by atoms with Gasteiger partial charge in [-0.3, -0.25) is 9.69 Å². The Morgan fingerprint density at radius 2 is 2.00 bits per heavy atom. The molecule has 1 aliphatic rings. The number of amides is 1. The van der Waals surface area contributed by atoms with Gasteiger partial charge in [0.2, 0.25) is 0 Å².